The van der Waals surface area contributed by atoms with E-state index in [1.165, 1.54) is 31.4 Å². The molecule has 1 aromatic carbocycles. The highest BCUT2D eigenvalue weighted by atomic mass is 16.3. The molecule has 1 heterocycles. The van der Waals surface area contributed by atoms with Gasteiger partial charge in [0.05, 0.1) is 23.3 Å². The van der Waals surface area contributed by atoms with Crippen molar-refractivity contribution in [1.82, 2.24) is 9.78 Å². The number of phenols is 1. The molecule has 0 atom stereocenters. The van der Waals surface area contributed by atoms with Crippen molar-refractivity contribution in [2.45, 2.75) is 38.0 Å². The quantitative estimate of drug-likeness (QED) is 0.717. The Morgan fingerprint density at radius 2 is 2.14 bits per heavy atom. The van der Waals surface area contributed by atoms with Crippen LogP contribution in [0.3, 0.4) is 0 Å². The van der Waals surface area contributed by atoms with Gasteiger partial charge in [0.25, 0.3) is 0 Å². The lowest BCUT2D eigenvalue weighted by atomic mass is 10.0. The van der Waals surface area contributed by atoms with Crippen molar-refractivity contribution in [2.75, 3.05) is 18.4 Å². The molecular weight excluding hydrogens is 276 g/mol. The van der Waals surface area contributed by atoms with Gasteiger partial charge in [0.1, 0.15) is 5.75 Å². The summed E-state index contributed by atoms with van der Waals surface area (Å²) in [5.74, 6) is 0.799. The average molecular weight is 300 g/mol. The van der Waals surface area contributed by atoms with E-state index in [2.05, 4.69) is 10.4 Å². The fraction of sp³-hybridized carbons (Fsp3) is 0.471. The number of aromatic nitrogens is 2. The Bertz CT molecular complexity index is 617. The van der Waals surface area contributed by atoms with Crippen molar-refractivity contribution in [3.63, 3.8) is 0 Å². The van der Waals surface area contributed by atoms with Gasteiger partial charge in [-0.2, -0.15) is 5.10 Å². The number of nitrogens with zero attached hydrogens (tertiary/aromatic N) is 2. The van der Waals surface area contributed by atoms with Gasteiger partial charge in [0.15, 0.2) is 0 Å². The lowest BCUT2D eigenvalue weighted by Crippen LogP contribution is -2.11. The third kappa shape index (κ3) is 3.09. The SMILES string of the molecule is NCCCNc1cnn(-c2cccc(O)c2)c1C1CCCC1. The number of aromatic hydroxyl groups is 1. The topological polar surface area (TPSA) is 76.1 Å². The summed E-state index contributed by atoms with van der Waals surface area (Å²) in [6.45, 7) is 1.55. The van der Waals surface area contributed by atoms with Crippen molar-refractivity contribution >= 4 is 5.69 Å². The Balaban J connectivity index is 1.94. The van der Waals surface area contributed by atoms with E-state index in [1.807, 2.05) is 23.0 Å². The average Bonchev–Trinajstić information content (AvgIpc) is 3.16. The first kappa shape index (κ1) is 14.9. The summed E-state index contributed by atoms with van der Waals surface area (Å²) < 4.78 is 1.97. The van der Waals surface area contributed by atoms with E-state index in [4.69, 9.17) is 5.73 Å². The van der Waals surface area contributed by atoms with Gasteiger partial charge in [-0.3, -0.25) is 0 Å². The lowest BCUT2D eigenvalue weighted by molar-refractivity contribution is 0.474. The molecule has 0 saturated heterocycles. The van der Waals surface area contributed by atoms with E-state index in [1.54, 1.807) is 12.1 Å². The zero-order valence-electron chi connectivity index (χ0n) is 12.8. The van der Waals surface area contributed by atoms with E-state index in [0.29, 0.717) is 12.5 Å². The second kappa shape index (κ2) is 6.83. The van der Waals surface area contributed by atoms with Crippen LogP contribution in [0.2, 0.25) is 0 Å². The molecule has 0 unspecified atom stereocenters. The monoisotopic (exact) mass is 300 g/mol. The maximum absolute atomic E-state index is 9.74. The molecule has 3 rings (SSSR count). The van der Waals surface area contributed by atoms with Gasteiger partial charge in [0, 0.05) is 18.5 Å². The molecule has 5 nitrogen and oxygen atoms in total. The minimum Gasteiger partial charge on any atom is -0.508 e. The molecule has 1 aliphatic carbocycles. The Morgan fingerprint density at radius 3 is 2.86 bits per heavy atom. The molecule has 0 aliphatic heterocycles. The van der Waals surface area contributed by atoms with Gasteiger partial charge in [0.2, 0.25) is 0 Å². The van der Waals surface area contributed by atoms with E-state index in [9.17, 15) is 5.11 Å². The minimum absolute atomic E-state index is 0.267. The lowest BCUT2D eigenvalue weighted by Gasteiger charge is -2.16. The Kier molecular flexibility index (Phi) is 4.63. The summed E-state index contributed by atoms with van der Waals surface area (Å²) in [6.07, 6.45) is 7.80. The standard InChI is InChI=1S/C17H24N4O/c18-9-4-10-19-16-12-20-21(14-7-3-8-15(22)11-14)17(16)13-5-1-2-6-13/h3,7-8,11-13,19,22H,1-2,4-6,9-10,18H2. The highest BCUT2D eigenvalue weighted by Gasteiger charge is 2.25. The second-order valence-electron chi connectivity index (χ2n) is 5.93. The predicted octanol–water partition coefficient (Wildman–Crippen LogP) is 3.00. The molecular formula is C17H24N4O. The van der Waals surface area contributed by atoms with Crippen LogP contribution in [0.15, 0.2) is 30.5 Å². The van der Waals surface area contributed by atoms with Crippen LogP contribution in [0.4, 0.5) is 5.69 Å². The van der Waals surface area contributed by atoms with Crippen LogP contribution >= 0.6 is 0 Å². The van der Waals surface area contributed by atoms with Crippen molar-refractivity contribution in [3.8, 4) is 11.4 Å². The van der Waals surface area contributed by atoms with Crippen LogP contribution in [0.1, 0.15) is 43.7 Å². The summed E-state index contributed by atoms with van der Waals surface area (Å²) in [5, 5.41) is 17.8. The van der Waals surface area contributed by atoms with Gasteiger partial charge in [-0.05, 0) is 37.9 Å². The molecule has 1 aliphatic rings. The van der Waals surface area contributed by atoms with Gasteiger partial charge in [-0.25, -0.2) is 4.68 Å². The Hall–Kier alpha value is -2.01. The smallest absolute Gasteiger partial charge is 0.117 e. The first-order valence-electron chi connectivity index (χ1n) is 8.11. The Labute approximate surface area is 131 Å². The zero-order chi connectivity index (χ0) is 15.4. The molecule has 0 spiro atoms. The number of nitrogens with one attached hydrogen (secondary N) is 1. The van der Waals surface area contributed by atoms with E-state index < -0.39 is 0 Å². The van der Waals surface area contributed by atoms with Crippen LogP contribution < -0.4 is 11.1 Å². The van der Waals surface area contributed by atoms with Gasteiger partial charge < -0.3 is 16.2 Å². The van der Waals surface area contributed by atoms with Gasteiger partial charge in [-0.15, -0.1) is 0 Å². The molecule has 1 saturated carbocycles. The third-order valence-corrected chi connectivity index (χ3v) is 4.32. The molecule has 2 aromatic rings. The highest BCUT2D eigenvalue weighted by molar-refractivity contribution is 5.52. The Morgan fingerprint density at radius 1 is 1.32 bits per heavy atom. The fourth-order valence-electron chi connectivity index (χ4n) is 3.24. The largest absolute Gasteiger partial charge is 0.508 e. The zero-order valence-corrected chi connectivity index (χ0v) is 12.8. The predicted molar refractivity (Wildman–Crippen MR) is 88.6 cm³/mol. The second-order valence-corrected chi connectivity index (χ2v) is 5.93. The van der Waals surface area contributed by atoms with Crippen LogP contribution in [0.25, 0.3) is 5.69 Å². The molecule has 118 valence electrons. The maximum atomic E-state index is 9.74. The molecule has 5 heteroatoms. The highest BCUT2D eigenvalue weighted by Crippen LogP contribution is 2.39. The number of rotatable bonds is 6. The summed E-state index contributed by atoms with van der Waals surface area (Å²) in [4.78, 5) is 0. The van der Waals surface area contributed by atoms with Crippen LogP contribution in [0.5, 0.6) is 5.75 Å². The van der Waals surface area contributed by atoms with Crippen molar-refractivity contribution in [2.24, 2.45) is 5.73 Å². The summed E-state index contributed by atoms with van der Waals surface area (Å²) in [5.41, 5.74) is 8.82. The number of anilines is 1. The fourth-order valence-corrected chi connectivity index (χ4v) is 3.24. The van der Waals surface area contributed by atoms with Crippen LogP contribution in [-0.4, -0.2) is 28.0 Å². The normalized spacial score (nSPS) is 15.3. The van der Waals surface area contributed by atoms with Gasteiger partial charge in [-0.1, -0.05) is 18.9 Å². The van der Waals surface area contributed by atoms with Crippen molar-refractivity contribution < 1.29 is 5.11 Å². The summed E-state index contributed by atoms with van der Waals surface area (Å²) in [7, 11) is 0. The molecule has 4 N–H and O–H groups in total. The maximum Gasteiger partial charge on any atom is 0.117 e. The summed E-state index contributed by atoms with van der Waals surface area (Å²) in [6, 6.07) is 7.28. The molecule has 1 aromatic heterocycles. The minimum atomic E-state index is 0.267. The van der Waals surface area contributed by atoms with Crippen molar-refractivity contribution in [3.05, 3.63) is 36.2 Å². The van der Waals surface area contributed by atoms with Crippen LogP contribution in [0, 0.1) is 0 Å². The number of nitrogens with two attached hydrogens (primary N) is 1. The number of hydrogen-bond donors (Lipinski definition) is 3. The van der Waals surface area contributed by atoms with E-state index in [0.717, 1.165) is 24.3 Å². The van der Waals surface area contributed by atoms with E-state index in [-0.39, 0.29) is 5.75 Å². The molecule has 0 bridgehead atoms. The summed E-state index contributed by atoms with van der Waals surface area (Å²) >= 11 is 0. The van der Waals surface area contributed by atoms with Crippen LogP contribution in [-0.2, 0) is 0 Å². The first-order valence-corrected chi connectivity index (χ1v) is 8.11. The molecule has 0 radical (unpaired) electrons. The van der Waals surface area contributed by atoms with Crippen molar-refractivity contribution in [1.29, 1.82) is 0 Å². The number of hydrogen-bond acceptors (Lipinski definition) is 4. The molecule has 0 amide bonds. The van der Waals surface area contributed by atoms with Gasteiger partial charge >= 0.3 is 0 Å². The third-order valence-electron chi connectivity index (χ3n) is 4.32. The molecule has 1 fully saturated rings. The first-order chi connectivity index (χ1) is 10.8. The van der Waals surface area contributed by atoms with E-state index >= 15 is 0 Å². The molecule has 22 heavy (non-hydrogen) atoms. The number of phenolic OH excluding ortho intramolecular Hbond substituents is 1. The number of benzene rings is 1.